The third-order valence-corrected chi connectivity index (χ3v) is 5.60. The number of hydrogen-bond acceptors (Lipinski definition) is 5. The molecule has 0 radical (unpaired) electrons. The van der Waals surface area contributed by atoms with E-state index in [1.807, 2.05) is 55.5 Å². The van der Waals surface area contributed by atoms with Crippen LogP contribution < -0.4 is 14.2 Å². The van der Waals surface area contributed by atoms with Gasteiger partial charge in [0.1, 0.15) is 17.2 Å². The minimum atomic E-state index is -0.346. The molecule has 0 amide bonds. The highest BCUT2D eigenvalue weighted by molar-refractivity contribution is 6.02. The molecular formula is C25H24N2O3. The van der Waals surface area contributed by atoms with Gasteiger partial charge in [0.25, 0.3) is 0 Å². The number of benzene rings is 3. The maximum absolute atomic E-state index is 6.43. The molecule has 0 aliphatic carbocycles. The number of methoxy groups -OCH3 is 1. The summed E-state index contributed by atoms with van der Waals surface area (Å²) >= 11 is 0. The van der Waals surface area contributed by atoms with Crippen LogP contribution in [0.3, 0.4) is 0 Å². The number of fused-ring (bicyclic) bond motifs is 3. The summed E-state index contributed by atoms with van der Waals surface area (Å²) in [6.45, 7) is 2.65. The number of para-hydroxylation sites is 2. The molecule has 0 unspecified atom stereocenters. The molecular weight excluding hydrogens is 376 g/mol. The molecule has 0 aromatic heterocycles. The molecule has 0 bridgehead atoms. The lowest BCUT2D eigenvalue weighted by Crippen LogP contribution is -2.33. The van der Waals surface area contributed by atoms with Crippen LogP contribution in [0, 0.1) is 0 Å². The van der Waals surface area contributed by atoms with Gasteiger partial charge in [-0.05, 0) is 55.0 Å². The zero-order valence-electron chi connectivity index (χ0n) is 17.1. The van der Waals surface area contributed by atoms with Crippen LogP contribution >= 0.6 is 0 Å². The van der Waals surface area contributed by atoms with Crippen LogP contribution in [0.5, 0.6) is 17.2 Å². The molecule has 0 spiro atoms. The third-order valence-electron chi connectivity index (χ3n) is 5.60. The van der Waals surface area contributed by atoms with Crippen molar-refractivity contribution in [1.82, 2.24) is 5.01 Å². The highest BCUT2D eigenvalue weighted by atomic mass is 16.5. The summed E-state index contributed by atoms with van der Waals surface area (Å²) in [6, 6.07) is 24.5. The summed E-state index contributed by atoms with van der Waals surface area (Å²) < 4.78 is 17.6. The van der Waals surface area contributed by atoms with E-state index in [2.05, 4.69) is 29.3 Å². The van der Waals surface area contributed by atoms with Gasteiger partial charge in [-0.3, -0.25) is 0 Å². The number of rotatable bonds is 5. The SMILES string of the molecule is CCOc1ccc(C2=NN3[C@@H](C2)c2ccccc2O[C@H]3c2ccccc2OC)cc1. The Morgan fingerprint density at radius 3 is 2.47 bits per heavy atom. The van der Waals surface area contributed by atoms with Crippen molar-refractivity contribution in [2.24, 2.45) is 5.10 Å². The minimum absolute atomic E-state index is 0.117. The maximum atomic E-state index is 6.43. The number of hydrogen-bond donors (Lipinski definition) is 0. The highest BCUT2D eigenvalue weighted by Gasteiger charge is 2.41. The first-order valence-corrected chi connectivity index (χ1v) is 10.3. The van der Waals surface area contributed by atoms with Gasteiger partial charge in [-0.25, -0.2) is 5.01 Å². The topological polar surface area (TPSA) is 43.3 Å². The summed E-state index contributed by atoms with van der Waals surface area (Å²) in [7, 11) is 1.69. The molecule has 2 aliphatic heterocycles. The monoisotopic (exact) mass is 400 g/mol. The molecule has 3 aromatic carbocycles. The Hall–Kier alpha value is -3.47. The van der Waals surface area contributed by atoms with Gasteiger partial charge in [0.05, 0.1) is 31.0 Å². The Morgan fingerprint density at radius 2 is 1.70 bits per heavy atom. The molecule has 0 fully saturated rings. The Morgan fingerprint density at radius 1 is 0.967 bits per heavy atom. The second-order valence-corrected chi connectivity index (χ2v) is 7.35. The average Bonchev–Trinajstić information content (AvgIpc) is 3.25. The first-order valence-electron chi connectivity index (χ1n) is 10.3. The zero-order chi connectivity index (χ0) is 20.5. The highest BCUT2D eigenvalue weighted by Crippen LogP contribution is 2.48. The van der Waals surface area contributed by atoms with Crippen LogP contribution in [0.4, 0.5) is 0 Å². The van der Waals surface area contributed by atoms with Crippen molar-refractivity contribution in [2.75, 3.05) is 13.7 Å². The minimum Gasteiger partial charge on any atom is -0.496 e. The molecule has 2 heterocycles. The lowest BCUT2D eigenvalue weighted by molar-refractivity contribution is -0.0203. The number of ether oxygens (including phenoxy) is 3. The average molecular weight is 400 g/mol. The van der Waals surface area contributed by atoms with Gasteiger partial charge in [-0.15, -0.1) is 0 Å². The molecule has 0 N–H and O–H groups in total. The first-order chi connectivity index (χ1) is 14.8. The summed E-state index contributed by atoms with van der Waals surface area (Å²) in [5, 5.41) is 7.09. The largest absolute Gasteiger partial charge is 0.496 e. The van der Waals surface area contributed by atoms with Crippen molar-refractivity contribution in [3.8, 4) is 17.2 Å². The molecule has 3 aromatic rings. The van der Waals surface area contributed by atoms with Gasteiger partial charge in [0, 0.05) is 12.0 Å². The predicted molar refractivity (Wildman–Crippen MR) is 116 cm³/mol. The van der Waals surface area contributed by atoms with Crippen LogP contribution in [0.1, 0.15) is 42.3 Å². The second kappa shape index (κ2) is 7.75. The van der Waals surface area contributed by atoms with Crippen molar-refractivity contribution >= 4 is 5.71 Å². The first kappa shape index (κ1) is 18.6. The van der Waals surface area contributed by atoms with Crippen molar-refractivity contribution in [2.45, 2.75) is 25.6 Å². The van der Waals surface area contributed by atoms with Gasteiger partial charge >= 0.3 is 0 Å². The van der Waals surface area contributed by atoms with E-state index < -0.39 is 0 Å². The third kappa shape index (κ3) is 3.16. The van der Waals surface area contributed by atoms with E-state index in [1.54, 1.807) is 7.11 Å². The van der Waals surface area contributed by atoms with Crippen LogP contribution in [-0.2, 0) is 0 Å². The van der Waals surface area contributed by atoms with E-state index in [0.29, 0.717) is 6.61 Å². The summed E-state index contributed by atoms with van der Waals surface area (Å²) in [4.78, 5) is 0. The van der Waals surface area contributed by atoms with E-state index in [4.69, 9.17) is 19.3 Å². The van der Waals surface area contributed by atoms with E-state index in [0.717, 1.165) is 46.1 Å². The molecule has 0 saturated carbocycles. The maximum Gasteiger partial charge on any atom is 0.217 e. The van der Waals surface area contributed by atoms with E-state index in [-0.39, 0.29) is 12.3 Å². The quantitative estimate of drug-likeness (QED) is 0.580. The molecule has 0 saturated heterocycles. The van der Waals surface area contributed by atoms with E-state index in [1.165, 1.54) is 0 Å². The van der Waals surface area contributed by atoms with Crippen molar-refractivity contribution < 1.29 is 14.2 Å². The van der Waals surface area contributed by atoms with E-state index in [9.17, 15) is 0 Å². The van der Waals surface area contributed by atoms with Crippen LogP contribution in [0.15, 0.2) is 77.9 Å². The lowest BCUT2D eigenvalue weighted by atomic mass is 9.96. The lowest BCUT2D eigenvalue weighted by Gasteiger charge is -2.38. The van der Waals surface area contributed by atoms with Crippen LogP contribution in [0.2, 0.25) is 0 Å². The van der Waals surface area contributed by atoms with Crippen LogP contribution in [-0.4, -0.2) is 24.4 Å². The number of hydrazone groups is 1. The summed E-state index contributed by atoms with van der Waals surface area (Å²) in [5.41, 5.74) is 4.27. The number of nitrogens with zero attached hydrogens (tertiary/aromatic N) is 2. The molecule has 2 aliphatic rings. The standard InChI is InChI=1S/C25H24N2O3/c1-3-29-18-14-12-17(13-15-18)21-16-22-19-8-4-7-11-24(19)30-25(27(22)26-21)20-9-5-6-10-23(20)28-2/h4-15,22,25H,3,16H2,1-2H3/t22-,25-/m0/s1. The fourth-order valence-electron chi connectivity index (χ4n) is 4.19. The van der Waals surface area contributed by atoms with E-state index >= 15 is 0 Å². The van der Waals surface area contributed by atoms with Crippen molar-refractivity contribution in [3.63, 3.8) is 0 Å². The van der Waals surface area contributed by atoms with Gasteiger partial charge in [-0.1, -0.05) is 30.3 Å². The molecule has 152 valence electrons. The molecule has 5 rings (SSSR count). The van der Waals surface area contributed by atoms with Gasteiger partial charge in [0.15, 0.2) is 0 Å². The Balaban J connectivity index is 1.55. The Kier molecular flexibility index (Phi) is 4.79. The Bertz CT molecular complexity index is 1080. The van der Waals surface area contributed by atoms with Gasteiger partial charge in [-0.2, -0.15) is 5.10 Å². The second-order valence-electron chi connectivity index (χ2n) is 7.35. The zero-order valence-corrected chi connectivity index (χ0v) is 17.1. The molecule has 5 heteroatoms. The molecule has 30 heavy (non-hydrogen) atoms. The van der Waals surface area contributed by atoms with Crippen molar-refractivity contribution in [3.05, 3.63) is 89.5 Å². The van der Waals surface area contributed by atoms with Gasteiger partial charge in [0.2, 0.25) is 6.23 Å². The Labute approximate surface area is 176 Å². The van der Waals surface area contributed by atoms with Gasteiger partial charge < -0.3 is 14.2 Å². The fraction of sp³-hybridized carbons (Fsp3) is 0.240. The fourth-order valence-corrected chi connectivity index (χ4v) is 4.19. The normalized spacial score (nSPS) is 19.4. The summed E-state index contributed by atoms with van der Waals surface area (Å²) in [5.74, 6) is 2.57. The summed E-state index contributed by atoms with van der Waals surface area (Å²) in [6.07, 6.45) is 0.473. The molecule has 5 nitrogen and oxygen atoms in total. The van der Waals surface area contributed by atoms with Crippen molar-refractivity contribution in [1.29, 1.82) is 0 Å². The predicted octanol–water partition coefficient (Wildman–Crippen LogP) is 5.34. The molecule has 2 atom stereocenters. The smallest absolute Gasteiger partial charge is 0.217 e. The van der Waals surface area contributed by atoms with Crippen LogP contribution in [0.25, 0.3) is 0 Å².